The molecular formula is C17H24N6O2. The fourth-order valence-electron chi connectivity index (χ4n) is 3.26. The molecule has 1 fully saturated rings. The number of methoxy groups -OCH3 is 1. The van der Waals surface area contributed by atoms with E-state index in [2.05, 4.69) is 33.4 Å². The summed E-state index contributed by atoms with van der Waals surface area (Å²) >= 11 is 0. The number of anilines is 1. The molecule has 2 heterocycles. The Balaban J connectivity index is 1.53. The number of hydrogen-bond acceptors (Lipinski definition) is 6. The van der Waals surface area contributed by atoms with Crippen LogP contribution >= 0.6 is 0 Å². The second-order valence-corrected chi connectivity index (χ2v) is 6.23. The van der Waals surface area contributed by atoms with E-state index >= 15 is 0 Å². The Kier molecular flexibility index (Phi) is 5.47. The molecule has 1 atom stereocenters. The number of aryl methyl sites for hydroxylation is 1. The van der Waals surface area contributed by atoms with Crippen LogP contribution in [0.2, 0.25) is 0 Å². The van der Waals surface area contributed by atoms with Gasteiger partial charge in [0, 0.05) is 38.6 Å². The monoisotopic (exact) mass is 344 g/mol. The van der Waals surface area contributed by atoms with Crippen LogP contribution in [0.1, 0.15) is 19.8 Å². The first-order chi connectivity index (χ1) is 12.2. The lowest BCUT2D eigenvalue weighted by Crippen LogP contribution is -2.54. The van der Waals surface area contributed by atoms with Gasteiger partial charge in [0.05, 0.1) is 12.8 Å². The average molecular weight is 344 g/mol. The summed E-state index contributed by atoms with van der Waals surface area (Å²) < 4.78 is 7.11. The highest BCUT2D eigenvalue weighted by molar-refractivity contribution is 5.77. The number of nitrogens with zero attached hydrogens (tertiary/aromatic N) is 6. The smallest absolute Gasteiger partial charge is 0.222 e. The van der Waals surface area contributed by atoms with Crippen molar-refractivity contribution >= 4 is 11.6 Å². The minimum absolute atomic E-state index is 0.166. The van der Waals surface area contributed by atoms with Gasteiger partial charge in [-0.1, -0.05) is 12.1 Å². The fraction of sp³-hybridized carbons (Fsp3) is 0.529. The molecule has 1 unspecified atom stereocenters. The van der Waals surface area contributed by atoms with Crippen LogP contribution in [-0.4, -0.2) is 63.8 Å². The first-order valence-electron chi connectivity index (χ1n) is 8.57. The predicted octanol–water partition coefficient (Wildman–Crippen LogP) is 1.20. The average Bonchev–Trinajstić information content (AvgIpc) is 3.15. The van der Waals surface area contributed by atoms with E-state index in [1.165, 1.54) is 0 Å². The van der Waals surface area contributed by atoms with Crippen molar-refractivity contribution in [3.05, 3.63) is 30.6 Å². The Hall–Kier alpha value is -2.64. The number of tetrazole rings is 1. The normalized spacial score (nSPS) is 17.6. The Morgan fingerprint density at radius 3 is 2.88 bits per heavy atom. The second kappa shape index (κ2) is 7.96. The van der Waals surface area contributed by atoms with E-state index in [9.17, 15) is 4.79 Å². The second-order valence-electron chi connectivity index (χ2n) is 6.23. The Morgan fingerprint density at radius 1 is 1.32 bits per heavy atom. The number of hydrogen-bond donors (Lipinski definition) is 0. The number of rotatable bonds is 6. The van der Waals surface area contributed by atoms with E-state index in [1.807, 2.05) is 23.1 Å². The molecular weight excluding hydrogens is 320 g/mol. The van der Waals surface area contributed by atoms with Gasteiger partial charge in [0.2, 0.25) is 5.91 Å². The number of para-hydroxylation sites is 2. The van der Waals surface area contributed by atoms with Gasteiger partial charge in [0.15, 0.2) is 0 Å². The van der Waals surface area contributed by atoms with E-state index in [0.29, 0.717) is 13.0 Å². The van der Waals surface area contributed by atoms with Crippen LogP contribution in [0.3, 0.4) is 0 Å². The number of piperazine rings is 1. The molecule has 0 radical (unpaired) electrons. The quantitative estimate of drug-likeness (QED) is 0.784. The van der Waals surface area contributed by atoms with Crippen molar-refractivity contribution in [3.8, 4) is 5.75 Å². The van der Waals surface area contributed by atoms with Crippen molar-refractivity contribution in [1.82, 2.24) is 25.1 Å². The molecule has 25 heavy (non-hydrogen) atoms. The molecule has 0 saturated carbocycles. The van der Waals surface area contributed by atoms with Crippen molar-refractivity contribution in [2.75, 3.05) is 31.6 Å². The molecule has 8 heteroatoms. The highest BCUT2D eigenvalue weighted by Crippen LogP contribution is 2.29. The molecule has 2 aromatic rings. The molecule has 1 aliphatic heterocycles. The predicted molar refractivity (Wildman–Crippen MR) is 93.4 cm³/mol. The van der Waals surface area contributed by atoms with Gasteiger partial charge in [-0.2, -0.15) is 0 Å². The zero-order chi connectivity index (χ0) is 17.6. The topological polar surface area (TPSA) is 76.4 Å². The lowest BCUT2D eigenvalue weighted by molar-refractivity contribution is -0.133. The molecule has 1 saturated heterocycles. The first-order valence-corrected chi connectivity index (χ1v) is 8.57. The number of aromatic nitrogens is 4. The van der Waals surface area contributed by atoms with Gasteiger partial charge in [0.1, 0.15) is 12.1 Å². The molecule has 0 aliphatic carbocycles. The van der Waals surface area contributed by atoms with Gasteiger partial charge in [-0.3, -0.25) is 4.79 Å². The van der Waals surface area contributed by atoms with Crippen LogP contribution in [-0.2, 0) is 11.3 Å². The summed E-state index contributed by atoms with van der Waals surface area (Å²) in [6.07, 6.45) is 2.82. The van der Waals surface area contributed by atoms with E-state index in [4.69, 9.17) is 4.74 Å². The molecule has 1 aliphatic rings. The van der Waals surface area contributed by atoms with E-state index in [-0.39, 0.29) is 11.9 Å². The Morgan fingerprint density at radius 2 is 2.16 bits per heavy atom. The van der Waals surface area contributed by atoms with Crippen LogP contribution in [0.15, 0.2) is 30.6 Å². The van der Waals surface area contributed by atoms with Crippen LogP contribution in [0, 0.1) is 0 Å². The van der Waals surface area contributed by atoms with Crippen LogP contribution in [0.5, 0.6) is 5.75 Å². The van der Waals surface area contributed by atoms with Crippen LogP contribution in [0.25, 0.3) is 0 Å². The molecule has 0 N–H and O–H groups in total. The fourth-order valence-corrected chi connectivity index (χ4v) is 3.26. The van der Waals surface area contributed by atoms with Gasteiger partial charge in [-0.25, -0.2) is 4.68 Å². The molecule has 1 aromatic heterocycles. The maximum absolute atomic E-state index is 12.5. The summed E-state index contributed by atoms with van der Waals surface area (Å²) in [6, 6.07) is 8.18. The van der Waals surface area contributed by atoms with Gasteiger partial charge in [-0.15, -0.1) is 5.10 Å². The zero-order valence-electron chi connectivity index (χ0n) is 14.7. The van der Waals surface area contributed by atoms with Gasteiger partial charge in [-0.05, 0) is 35.9 Å². The summed E-state index contributed by atoms with van der Waals surface area (Å²) in [5, 5.41) is 11.0. The molecule has 1 aromatic carbocycles. The Bertz CT molecular complexity index is 690. The lowest BCUT2D eigenvalue weighted by Gasteiger charge is -2.41. The molecule has 0 bridgehead atoms. The number of carbonyl (C=O) groups is 1. The van der Waals surface area contributed by atoms with Crippen molar-refractivity contribution < 1.29 is 9.53 Å². The number of ether oxygens (including phenoxy) is 1. The van der Waals surface area contributed by atoms with Crippen LogP contribution in [0.4, 0.5) is 5.69 Å². The summed E-state index contributed by atoms with van der Waals surface area (Å²) in [6.45, 7) is 5.10. The Labute approximate surface area is 147 Å². The minimum atomic E-state index is 0.166. The summed E-state index contributed by atoms with van der Waals surface area (Å²) in [7, 11) is 1.69. The molecule has 3 rings (SSSR count). The van der Waals surface area contributed by atoms with Crippen molar-refractivity contribution in [2.45, 2.75) is 32.4 Å². The van der Waals surface area contributed by atoms with E-state index < -0.39 is 0 Å². The highest BCUT2D eigenvalue weighted by atomic mass is 16.5. The highest BCUT2D eigenvalue weighted by Gasteiger charge is 2.28. The van der Waals surface area contributed by atoms with Crippen molar-refractivity contribution in [3.63, 3.8) is 0 Å². The van der Waals surface area contributed by atoms with E-state index in [0.717, 1.165) is 37.5 Å². The maximum Gasteiger partial charge on any atom is 0.222 e. The lowest BCUT2D eigenvalue weighted by atomic mass is 10.1. The van der Waals surface area contributed by atoms with Crippen molar-refractivity contribution in [2.24, 2.45) is 0 Å². The number of benzene rings is 1. The van der Waals surface area contributed by atoms with Gasteiger partial charge >= 0.3 is 0 Å². The summed E-state index contributed by atoms with van der Waals surface area (Å²) in [5.41, 5.74) is 1.09. The minimum Gasteiger partial charge on any atom is -0.495 e. The van der Waals surface area contributed by atoms with E-state index in [1.54, 1.807) is 18.1 Å². The SMILES string of the molecule is COc1ccccc1N1CCN(C(=O)CCCn2cnnn2)C(C)C1. The van der Waals surface area contributed by atoms with Gasteiger partial charge < -0.3 is 14.5 Å². The summed E-state index contributed by atoms with van der Waals surface area (Å²) in [4.78, 5) is 16.8. The molecule has 0 spiro atoms. The van der Waals surface area contributed by atoms with Crippen molar-refractivity contribution in [1.29, 1.82) is 0 Å². The zero-order valence-corrected chi connectivity index (χ0v) is 14.7. The molecule has 134 valence electrons. The van der Waals surface area contributed by atoms with Crippen LogP contribution < -0.4 is 9.64 Å². The number of carbonyl (C=O) groups excluding carboxylic acids is 1. The summed E-state index contributed by atoms with van der Waals surface area (Å²) in [5.74, 6) is 1.07. The third-order valence-corrected chi connectivity index (χ3v) is 4.54. The van der Waals surface area contributed by atoms with Gasteiger partial charge in [0.25, 0.3) is 0 Å². The molecule has 8 nitrogen and oxygen atoms in total. The third-order valence-electron chi connectivity index (χ3n) is 4.54. The third kappa shape index (κ3) is 4.07. The first kappa shape index (κ1) is 17.2. The molecule has 1 amide bonds. The maximum atomic E-state index is 12.5. The largest absolute Gasteiger partial charge is 0.495 e. The standard InChI is InChI=1S/C17H24N6O2/c1-14-12-21(15-6-3-4-7-16(15)25-2)10-11-23(14)17(24)8-5-9-22-13-18-19-20-22/h3-4,6-7,13-14H,5,8-12H2,1-2H3. The number of amides is 1.